The van der Waals surface area contributed by atoms with Crippen LogP contribution < -0.4 is 5.32 Å². The fourth-order valence-corrected chi connectivity index (χ4v) is 3.05. The quantitative estimate of drug-likeness (QED) is 0.885. The summed E-state index contributed by atoms with van der Waals surface area (Å²) in [6, 6.07) is 13.2. The minimum absolute atomic E-state index is 0.573. The van der Waals surface area contributed by atoms with Crippen molar-refractivity contribution in [2.24, 2.45) is 0 Å². The van der Waals surface area contributed by atoms with Gasteiger partial charge in [-0.25, -0.2) is 0 Å². The molecule has 1 fully saturated rings. The number of para-hydroxylation sites is 1. The van der Waals surface area contributed by atoms with Crippen molar-refractivity contribution in [3.63, 3.8) is 0 Å². The van der Waals surface area contributed by atoms with Crippen molar-refractivity contribution in [2.75, 3.05) is 25.0 Å². The summed E-state index contributed by atoms with van der Waals surface area (Å²) in [5.41, 5.74) is 2.57. The molecule has 1 aliphatic heterocycles. The van der Waals surface area contributed by atoms with Crippen LogP contribution in [-0.4, -0.2) is 40.4 Å². The van der Waals surface area contributed by atoms with Gasteiger partial charge in [-0.05, 0) is 31.5 Å². The van der Waals surface area contributed by atoms with Crippen LogP contribution in [0.25, 0.3) is 0 Å². The first-order valence-corrected chi connectivity index (χ1v) is 7.90. The Morgan fingerprint density at radius 2 is 2.10 bits per heavy atom. The van der Waals surface area contributed by atoms with E-state index in [1.54, 1.807) is 0 Å². The largest absolute Gasteiger partial charge is 0.381 e. The number of hydrogen-bond donors (Lipinski definition) is 1. The number of nitrogens with one attached hydrogen (secondary N) is 1. The smallest absolute Gasteiger partial charge is 0.0492 e. The molecule has 1 atom stereocenters. The minimum atomic E-state index is 0.573. The normalized spacial score (nSPS) is 19.0. The molecular weight excluding hydrogens is 260 g/mol. The zero-order valence-electron chi connectivity index (χ0n) is 12.7. The topological polar surface area (TPSA) is 33.1 Å². The molecule has 1 saturated heterocycles. The van der Waals surface area contributed by atoms with Gasteiger partial charge in [-0.15, -0.1) is 0 Å². The molecular formula is C17H24N4. The predicted molar refractivity (Wildman–Crippen MR) is 86.5 cm³/mol. The van der Waals surface area contributed by atoms with Crippen molar-refractivity contribution < 1.29 is 0 Å². The summed E-state index contributed by atoms with van der Waals surface area (Å²) in [5, 5.41) is 7.96. The van der Waals surface area contributed by atoms with Crippen molar-refractivity contribution in [1.29, 1.82) is 0 Å². The van der Waals surface area contributed by atoms with Gasteiger partial charge in [-0.1, -0.05) is 18.2 Å². The van der Waals surface area contributed by atoms with E-state index in [0.717, 1.165) is 26.1 Å². The lowest BCUT2D eigenvalue weighted by Crippen LogP contribution is -2.28. The van der Waals surface area contributed by atoms with Gasteiger partial charge >= 0.3 is 0 Å². The fourth-order valence-electron chi connectivity index (χ4n) is 3.05. The fraction of sp³-hybridized carbons (Fsp3) is 0.471. The van der Waals surface area contributed by atoms with Gasteiger partial charge in [-0.2, -0.15) is 5.10 Å². The van der Waals surface area contributed by atoms with E-state index in [4.69, 9.17) is 0 Å². The second-order valence-corrected chi connectivity index (χ2v) is 5.68. The molecule has 0 spiro atoms. The predicted octanol–water partition coefficient (Wildman–Crippen LogP) is 2.63. The molecule has 1 aliphatic rings. The molecule has 21 heavy (non-hydrogen) atoms. The second kappa shape index (κ2) is 6.76. The number of aromatic nitrogens is 2. The van der Waals surface area contributed by atoms with Crippen LogP contribution >= 0.6 is 0 Å². The number of rotatable bonds is 6. The maximum Gasteiger partial charge on any atom is 0.0492 e. The molecule has 0 bridgehead atoms. The maximum absolute atomic E-state index is 4.34. The Morgan fingerprint density at radius 1 is 1.24 bits per heavy atom. The van der Waals surface area contributed by atoms with E-state index >= 15 is 0 Å². The highest BCUT2D eigenvalue weighted by Gasteiger charge is 2.22. The Labute approximate surface area is 126 Å². The summed E-state index contributed by atoms with van der Waals surface area (Å²) >= 11 is 0. The summed E-state index contributed by atoms with van der Waals surface area (Å²) in [5.74, 6) is 0. The highest BCUT2D eigenvalue weighted by molar-refractivity contribution is 5.43. The van der Waals surface area contributed by atoms with Crippen molar-refractivity contribution in [3.05, 3.63) is 48.3 Å². The van der Waals surface area contributed by atoms with Crippen LogP contribution in [0, 0.1) is 0 Å². The first-order chi connectivity index (χ1) is 10.3. The van der Waals surface area contributed by atoms with E-state index in [9.17, 15) is 0 Å². The zero-order chi connectivity index (χ0) is 14.5. The highest BCUT2D eigenvalue weighted by Crippen LogP contribution is 2.16. The molecule has 3 rings (SSSR count). The van der Waals surface area contributed by atoms with Crippen molar-refractivity contribution >= 4 is 5.69 Å². The molecule has 0 unspecified atom stereocenters. The number of hydrogen-bond acceptors (Lipinski definition) is 3. The first kappa shape index (κ1) is 14.1. The standard InChI is InChI=1S/C17H24N4/c1-2-21-17(8-11-18-21)10-13-20-12-9-16(14-20)19-15-6-4-3-5-7-15/h3-8,11,16,19H,2,9-10,12-14H2,1H3/t16-/m0/s1. The molecule has 0 amide bonds. The molecule has 2 heterocycles. The number of benzene rings is 1. The van der Waals surface area contributed by atoms with E-state index in [-0.39, 0.29) is 0 Å². The van der Waals surface area contributed by atoms with Crippen molar-refractivity contribution in [3.8, 4) is 0 Å². The molecule has 1 aromatic carbocycles. The van der Waals surface area contributed by atoms with E-state index in [2.05, 4.69) is 63.3 Å². The Balaban J connectivity index is 1.47. The molecule has 0 saturated carbocycles. The monoisotopic (exact) mass is 284 g/mol. The summed E-state index contributed by atoms with van der Waals surface area (Å²) in [6.45, 7) is 6.55. The van der Waals surface area contributed by atoms with E-state index in [1.807, 2.05) is 6.20 Å². The number of likely N-dealkylation sites (tertiary alicyclic amines) is 1. The average molecular weight is 284 g/mol. The Bertz CT molecular complexity index is 549. The summed E-state index contributed by atoms with van der Waals surface area (Å²) in [7, 11) is 0. The third-order valence-corrected chi connectivity index (χ3v) is 4.21. The van der Waals surface area contributed by atoms with Crippen LogP contribution in [0.1, 0.15) is 19.0 Å². The van der Waals surface area contributed by atoms with Gasteiger partial charge in [0.25, 0.3) is 0 Å². The first-order valence-electron chi connectivity index (χ1n) is 7.90. The Kier molecular flexibility index (Phi) is 4.55. The maximum atomic E-state index is 4.34. The molecule has 112 valence electrons. The van der Waals surface area contributed by atoms with Crippen LogP contribution in [0.3, 0.4) is 0 Å². The molecule has 1 aromatic heterocycles. The molecule has 1 N–H and O–H groups in total. The van der Waals surface area contributed by atoms with E-state index in [1.165, 1.54) is 24.3 Å². The van der Waals surface area contributed by atoms with Crippen LogP contribution in [0.4, 0.5) is 5.69 Å². The van der Waals surface area contributed by atoms with E-state index < -0.39 is 0 Å². The molecule has 2 aromatic rings. The lowest BCUT2D eigenvalue weighted by atomic mass is 10.2. The highest BCUT2D eigenvalue weighted by atomic mass is 15.3. The second-order valence-electron chi connectivity index (χ2n) is 5.68. The van der Waals surface area contributed by atoms with Crippen molar-refractivity contribution in [1.82, 2.24) is 14.7 Å². The van der Waals surface area contributed by atoms with Crippen molar-refractivity contribution in [2.45, 2.75) is 32.4 Å². The lowest BCUT2D eigenvalue weighted by Gasteiger charge is -2.17. The van der Waals surface area contributed by atoms with Crippen LogP contribution in [-0.2, 0) is 13.0 Å². The molecule has 4 nitrogen and oxygen atoms in total. The lowest BCUT2D eigenvalue weighted by molar-refractivity contribution is 0.337. The van der Waals surface area contributed by atoms with Gasteiger partial charge in [0.1, 0.15) is 0 Å². The van der Waals surface area contributed by atoms with Gasteiger partial charge in [0.2, 0.25) is 0 Å². The summed E-state index contributed by atoms with van der Waals surface area (Å²) < 4.78 is 2.09. The van der Waals surface area contributed by atoms with Gasteiger partial charge < -0.3 is 10.2 Å². The third-order valence-electron chi connectivity index (χ3n) is 4.21. The third kappa shape index (κ3) is 3.64. The van der Waals surface area contributed by atoms with Gasteiger partial charge in [0, 0.05) is 56.2 Å². The summed E-state index contributed by atoms with van der Waals surface area (Å²) in [4.78, 5) is 2.55. The minimum Gasteiger partial charge on any atom is -0.381 e. The Morgan fingerprint density at radius 3 is 2.90 bits per heavy atom. The van der Waals surface area contributed by atoms with Gasteiger partial charge in [-0.3, -0.25) is 4.68 Å². The molecule has 0 aliphatic carbocycles. The van der Waals surface area contributed by atoms with Gasteiger partial charge in [0.15, 0.2) is 0 Å². The number of nitrogens with zero attached hydrogens (tertiary/aromatic N) is 3. The Hall–Kier alpha value is -1.81. The number of aryl methyl sites for hydroxylation is 1. The average Bonchev–Trinajstić information content (AvgIpc) is 3.15. The summed E-state index contributed by atoms with van der Waals surface area (Å²) in [6.07, 6.45) is 4.22. The molecule has 4 heteroatoms. The zero-order valence-corrected chi connectivity index (χ0v) is 12.7. The van der Waals surface area contributed by atoms with Crippen LogP contribution in [0.2, 0.25) is 0 Å². The molecule has 0 radical (unpaired) electrons. The SMILES string of the molecule is CCn1nccc1CCN1CC[C@H](Nc2ccccc2)C1. The van der Waals surface area contributed by atoms with Crippen LogP contribution in [0.15, 0.2) is 42.6 Å². The number of anilines is 1. The van der Waals surface area contributed by atoms with Gasteiger partial charge in [0.05, 0.1) is 0 Å². The van der Waals surface area contributed by atoms with E-state index in [0.29, 0.717) is 6.04 Å². The van der Waals surface area contributed by atoms with Crippen LogP contribution in [0.5, 0.6) is 0 Å².